The molecular weight excluding hydrogens is 202 g/mol. The summed E-state index contributed by atoms with van der Waals surface area (Å²) in [6.07, 6.45) is 2.59. The van der Waals surface area contributed by atoms with E-state index in [1.807, 2.05) is 12.1 Å². The summed E-state index contributed by atoms with van der Waals surface area (Å²) >= 11 is 0. The van der Waals surface area contributed by atoms with Crippen molar-refractivity contribution in [3.8, 4) is 0 Å². The Kier molecular flexibility index (Phi) is 1.73. The number of hydrogen-bond acceptors (Lipinski definition) is 4. The molecule has 16 heavy (non-hydrogen) atoms. The number of rotatable bonds is 0. The van der Waals surface area contributed by atoms with Gasteiger partial charge in [-0.15, -0.1) is 0 Å². The van der Waals surface area contributed by atoms with Crippen molar-refractivity contribution in [2.75, 3.05) is 23.3 Å². The van der Waals surface area contributed by atoms with Gasteiger partial charge in [0, 0.05) is 18.7 Å². The number of hydrogen-bond donors (Lipinski definition) is 3. The Hall–Kier alpha value is -1.71. The second-order valence-corrected chi connectivity index (χ2v) is 4.74. The molecule has 3 rings (SSSR count). The maximum absolute atomic E-state index is 12.0. The van der Waals surface area contributed by atoms with Gasteiger partial charge in [-0.05, 0) is 30.5 Å². The number of anilines is 3. The molecule has 5 N–H and O–H groups in total. The summed E-state index contributed by atoms with van der Waals surface area (Å²) in [6, 6.07) is 3.71. The summed E-state index contributed by atoms with van der Waals surface area (Å²) in [5.41, 5.74) is 14.4. The number of carbonyl (C=O) groups excluding carboxylic acids is 1. The quantitative estimate of drug-likeness (QED) is 0.571. The summed E-state index contributed by atoms with van der Waals surface area (Å²) in [4.78, 5) is 12.0. The fourth-order valence-corrected chi connectivity index (χ4v) is 2.92. The van der Waals surface area contributed by atoms with Gasteiger partial charge in [0.1, 0.15) is 5.78 Å². The number of carbonyl (C=O) groups is 1. The number of benzene rings is 1. The average Bonchev–Trinajstić information content (AvgIpc) is 2.77. The molecule has 1 fully saturated rings. The Balaban J connectivity index is 2.18. The van der Waals surface area contributed by atoms with Crippen molar-refractivity contribution in [3.63, 3.8) is 0 Å². The van der Waals surface area contributed by atoms with Crippen LogP contribution >= 0.6 is 0 Å². The van der Waals surface area contributed by atoms with Crippen LogP contribution in [0.3, 0.4) is 0 Å². The molecule has 1 heterocycles. The lowest BCUT2D eigenvalue weighted by atomic mass is 9.80. The molecular formula is C12H15N3O. The summed E-state index contributed by atoms with van der Waals surface area (Å²) in [6.45, 7) is 0.698. The Morgan fingerprint density at radius 2 is 2.00 bits per heavy atom. The molecule has 2 aliphatic rings. The molecule has 0 amide bonds. The van der Waals surface area contributed by atoms with E-state index in [4.69, 9.17) is 11.5 Å². The third-order valence-corrected chi connectivity index (χ3v) is 3.86. The van der Waals surface area contributed by atoms with Gasteiger partial charge >= 0.3 is 0 Å². The summed E-state index contributed by atoms with van der Waals surface area (Å²) in [5.74, 6) is 0.336. The second kappa shape index (κ2) is 2.90. The predicted octanol–water partition coefficient (Wildman–Crippen LogP) is 1.27. The van der Waals surface area contributed by atoms with Crippen LogP contribution in [-0.4, -0.2) is 12.3 Å². The molecule has 1 aliphatic heterocycles. The van der Waals surface area contributed by atoms with Gasteiger partial charge in [-0.2, -0.15) is 0 Å². The predicted molar refractivity (Wildman–Crippen MR) is 64.3 cm³/mol. The second-order valence-electron chi connectivity index (χ2n) is 4.74. The van der Waals surface area contributed by atoms with Crippen LogP contribution in [0.25, 0.3) is 0 Å². The summed E-state index contributed by atoms with van der Waals surface area (Å²) < 4.78 is 0. The highest BCUT2D eigenvalue weighted by molar-refractivity contribution is 5.97. The van der Waals surface area contributed by atoms with Gasteiger partial charge in [-0.25, -0.2) is 0 Å². The largest absolute Gasteiger partial charge is 0.397 e. The van der Waals surface area contributed by atoms with Gasteiger partial charge < -0.3 is 16.8 Å². The van der Waals surface area contributed by atoms with Gasteiger partial charge in [-0.3, -0.25) is 4.79 Å². The monoisotopic (exact) mass is 217 g/mol. The van der Waals surface area contributed by atoms with E-state index in [-0.39, 0.29) is 5.41 Å². The Bertz CT molecular complexity index is 483. The molecule has 1 aromatic rings. The third kappa shape index (κ3) is 1.01. The lowest BCUT2D eigenvalue weighted by Crippen LogP contribution is -2.32. The standard InChI is InChI=1S/C12H15N3O/c13-8-4-7-10(5-9(8)14)15-6-12(7)3-1-2-11(12)16/h4-5,15H,1-3,6,13-14H2. The molecule has 0 aromatic heterocycles. The van der Waals surface area contributed by atoms with Crippen molar-refractivity contribution in [1.29, 1.82) is 0 Å². The summed E-state index contributed by atoms with van der Waals surface area (Å²) in [7, 11) is 0. The van der Waals surface area contributed by atoms with Crippen LogP contribution in [0, 0.1) is 0 Å². The molecule has 1 unspecified atom stereocenters. The number of ketones is 1. The minimum atomic E-state index is -0.322. The van der Waals surface area contributed by atoms with Crippen molar-refractivity contribution in [1.82, 2.24) is 0 Å². The number of Topliss-reactive ketones (excluding diaryl/α,β-unsaturated/α-hetero) is 1. The first-order valence-electron chi connectivity index (χ1n) is 5.60. The molecule has 1 spiro atoms. The minimum absolute atomic E-state index is 0.322. The van der Waals surface area contributed by atoms with E-state index in [1.54, 1.807) is 0 Å². The van der Waals surface area contributed by atoms with E-state index >= 15 is 0 Å². The highest BCUT2D eigenvalue weighted by Gasteiger charge is 2.48. The van der Waals surface area contributed by atoms with Gasteiger partial charge in [0.25, 0.3) is 0 Å². The molecule has 1 aromatic carbocycles. The molecule has 1 atom stereocenters. The first-order valence-corrected chi connectivity index (χ1v) is 5.60. The van der Waals surface area contributed by atoms with Crippen molar-refractivity contribution < 1.29 is 4.79 Å². The van der Waals surface area contributed by atoms with Crippen molar-refractivity contribution in [3.05, 3.63) is 17.7 Å². The van der Waals surface area contributed by atoms with E-state index in [1.165, 1.54) is 0 Å². The van der Waals surface area contributed by atoms with Gasteiger partial charge in [0.05, 0.1) is 16.8 Å². The van der Waals surface area contributed by atoms with Crippen LogP contribution in [0.1, 0.15) is 24.8 Å². The molecule has 1 saturated carbocycles. The van der Waals surface area contributed by atoms with Crippen LogP contribution in [0.5, 0.6) is 0 Å². The van der Waals surface area contributed by atoms with Crippen LogP contribution in [0.2, 0.25) is 0 Å². The van der Waals surface area contributed by atoms with E-state index in [9.17, 15) is 4.79 Å². The highest BCUT2D eigenvalue weighted by atomic mass is 16.1. The average molecular weight is 217 g/mol. The minimum Gasteiger partial charge on any atom is -0.397 e. The molecule has 4 heteroatoms. The van der Waals surface area contributed by atoms with E-state index in [2.05, 4.69) is 5.32 Å². The Labute approximate surface area is 94.0 Å². The maximum Gasteiger partial charge on any atom is 0.145 e. The van der Waals surface area contributed by atoms with Gasteiger partial charge in [0.15, 0.2) is 0 Å². The zero-order valence-electron chi connectivity index (χ0n) is 9.05. The first-order chi connectivity index (χ1) is 7.63. The molecule has 0 bridgehead atoms. The number of nitrogens with one attached hydrogen (secondary N) is 1. The molecule has 0 saturated heterocycles. The molecule has 1 aliphatic carbocycles. The van der Waals surface area contributed by atoms with Crippen molar-refractivity contribution in [2.45, 2.75) is 24.7 Å². The van der Waals surface area contributed by atoms with E-state index in [0.29, 0.717) is 30.1 Å². The number of nitrogens with two attached hydrogens (primary N) is 2. The van der Waals surface area contributed by atoms with Gasteiger partial charge in [-0.1, -0.05) is 0 Å². The summed E-state index contributed by atoms with van der Waals surface area (Å²) in [5, 5.41) is 3.27. The topological polar surface area (TPSA) is 81.1 Å². The zero-order valence-corrected chi connectivity index (χ0v) is 9.05. The third-order valence-electron chi connectivity index (χ3n) is 3.86. The SMILES string of the molecule is Nc1cc2c(cc1N)C1(CCCC1=O)CN2. The van der Waals surface area contributed by atoms with E-state index in [0.717, 1.165) is 24.1 Å². The smallest absolute Gasteiger partial charge is 0.145 e. The molecule has 4 nitrogen and oxygen atoms in total. The Morgan fingerprint density at radius 1 is 1.25 bits per heavy atom. The fourth-order valence-electron chi connectivity index (χ4n) is 2.92. The van der Waals surface area contributed by atoms with Crippen LogP contribution in [0.15, 0.2) is 12.1 Å². The fraction of sp³-hybridized carbons (Fsp3) is 0.417. The van der Waals surface area contributed by atoms with Crippen molar-refractivity contribution in [2.24, 2.45) is 0 Å². The van der Waals surface area contributed by atoms with Gasteiger partial charge in [0.2, 0.25) is 0 Å². The molecule has 0 radical (unpaired) electrons. The lowest BCUT2D eigenvalue weighted by Gasteiger charge is -2.21. The zero-order chi connectivity index (χ0) is 11.3. The van der Waals surface area contributed by atoms with Crippen LogP contribution < -0.4 is 16.8 Å². The van der Waals surface area contributed by atoms with Crippen LogP contribution in [0.4, 0.5) is 17.1 Å². The van der Waals surface area contributed by atoms with Crippen molar-refractivity contribution >= 4 is 22.8 Å². The molecule has 84 valence electrons. The number of nitrogen functional groups attached to an aromatic ring is 2. The number of fused-ring (bicyclic) bond motifs is 2. The highest BCUT2D eigenvalue weighted by Crippen LogP contribution is 2.47. The Morgan fingerprint density at radius 3 is 2.69 bits per heavy atom. The van der Waals surface area contributed by atoms with E-state index < -0.39 is 0 Å². The lowest BCUT2D eigenvalue weighted by molar-refractivity contribution is -0.121. The van der Waals surface area contributed by atoms with Crippen LogP contribution in [-0.2, 0) is 10.2 Å². The normalized spacial score (nSPS) is 27.1. The first kappa shape index (κ1) is 9.51. The maximum atomic E-state index is 12.0.